The second-order valence-electron chi connectivity index (χ2n) is 4.95. The van der Waals surface area contributed by atoms with Crippen LogP contribution in [0.15, 0.2) is 46.2 Å². The van der Waals surface area contributed by atoms with Crippen LogP contribution < -0.4 is 5.32 Å². The zero-order chi connectivity index (χ0) is 17.3. The van der Waals surface area contributed by atoms with E-state index in [9.17, 15) is 18.0 Å². The number of nitrogens with one attached hydrogen (secondary N) is 1. The molecule has 0 saturated heterocycles. The lowest BCUT2D eigenvalue weighted by Gasteiger charge is -2.11. The van der Waals surface area contributed by atoms with Crippen molar-refractivity contribution in [2.75, 3.05) is 5.32 Å². The van der Waals surface area contributed by atoms with E-state index in [-0.39, 0.29) is 5.13 Å². The molecule has 0 unspecified atom stereocenters. The van der Waals surface area contributed by atoms with Gasteiger partial charge in [0.05, 0.1) is 11.1 Å². The molecule has 0 aliphatic carbocycles. The van der Waals surface area contributed by atoms with E-state index in [0.717, 1.165) is 23.5 Å². The first-order valence-electron chi connectivity index (χ1n) is 6.84. The molecule has 0 fully saturated rings. The average Bonchev–Trinajstić information content (AvgIpc) is 3.15. The lowest BCUT2D eigenvalue weighted by atomic mass is 10.1. The summed E-state index contributed by atoms with van der Waals surface area (Å²) in [6.07, 6.45) is -4.60. The van der Waals surface area contributed by atoms with Crippen LogP contribution in [-0.2, 0) is 6.18 Å². The van der Waals surface area contributed by atoms with Crippen molar-refractivity contribution in [1.29, 1.82) is 0 Å². The summed E-state index contributed by atoms with van der Waals surface area (Å²) in [5.74, 6) is 0.377. The molecule has 124 valence electrons. The van der Waals surface area contributed by atoms with E-state index in [1.54, 1.807) is 24.4 Å². The number of aryl methyl sites for hydroxylation is 1. The number of benzene rings is 1. The van der Waals surface area contributed by atoms with Crippen molar-refractivity contribution in [3.63, 3.8) is 0 Å². The molecule has 2 aromatic heterocycles. The van der Waals surface area contributed by atoms with Gasteiger partial charge in [0.15, 0.2) is 10.9 Å². The molecule has 0 atom stereocenters. The largest absolute Gasteiger partial charge is 0.460 e. The molecular formula is C16H11F3N2O2S. The number of anilines is 1. The first-order valence-corrected chi connectivity index (χ1v) is 7.72. The number of alkyl halides is 3. The molecule has 3 aromatic rings. The van der Waals surface area contributed by atoms with Gasteiger partial charge in [-0.1, -0.05) is 12.1 Å². The Bertz CT molecular complexity index is 883. The van der Waals surface area contributed by atoms with Crippen LogP contribution in [0, 0.1) is 6.92 Å². The number of carbonyl (C=O) groups is 1. The number of hydrogen-bond donors (Lipinski definition) is 1. The Morgan fingerprint density at radius 2 is 1.96 bits per heavy atom. The Kier molecular flexibility index (Phi) is 4.15. The van der Waals surface area contributed by atoms with Gasteiger partial charge in [0, 0.05) is 5.38 Å². The highest BCUT2D eigenvalue weighted by atomic mass is 32.1. The van der Waals surface area contributed by atoms with Gasteiger partial charge in [0.1, 0.15) is 11.5 Å². The minimum atomic E-state index is -4.60. The second kappa shape index (κ2) is 6.12. The highest BCUT2D eigenvalue weighted by Crippen LogP contribution is 2.32. The average molecular weight is 352 g/mol. The topological polar surface area (TPSA) is 55.1 Å². The Hall–Kier alpha value is -2.61. The number of furan rings is 1. The van der Waals surface area contributed by atoms with Crippen molar-refractivity contribution >= 4 is 22.4 Å². The van der Waals surface area contributed by atoms with Gasteiger partial charge < -0.3 is 4.42 Å². The van der Waals surface area contributed by atoms with Gasteiger partial charge in [-0.05, 0) is 31.2 Å². The fourth-order valence-corrected chi connectivity index (χ4v) is 2.80. The monoisotopic (exact) mass is 352 g/mol. The number of thiazole rings is 1. The molecule has 24 heavy (non-hydrogen) atoms. The molecule has 0 bridgehead atoms. The van der Waals surface area contributed by atoms with Crippen LogP contribution in [0.1, 0.15) is 21.7 Å². The number of hydrogen-bond acceptors (Lipinski definition) is 4. The Morgan fingerprint density at radius 1 is 1.21 bits per heavy atom. The predicted octanol–water partition coefficient (Wildman–Crippen LogP) is 4.98. The van der Waals surface area contributed by atoms with Crippen LogP contribution in [0.2, 0.25) is 0 Å². The Labute approximate surface area is 139 Å². The van der Waals surface area contributed by atoms with E-state index in [0.29, 0.717) is 17.2 Å². The van der Waals surface area contributed by atoms with Crippen LogP contribution in [0.5, 0.6) is 0 Å². The summed E-state index contributed by atoms with van der Waals surface area (Å²) in [6.45, 7) is 1.78. The zero-order valence-electron chi connectivity index (χ0n) is 12.3. The van der Waals surface area contributed by atoms with E-state index in [4.69, 9.17) is 4.42 Å². The highest BCUT2D eigenvalue weighted by molar-refractivity contribution is 7.14. The highest BCUT2D eigenvalue weighted by Gasteiger charge is 2.34. The van der Waals surface area contributed by atoms with Gasteiger partial charge in [-0.25, -0.2) is 4.98 Å². The molecule has 0 aliphatic heterocycles. The molecule has 0 aliphatic rings. The summed E-state index contributed by atoms with van der Waals surface area (Å²) in [6, 6.07) is 8.11. The quantitative estimate of drug-likeness (QED) is 0.723. The van der Waals surface area contributed by atoms with Crippen LogP contribution in [0.4, 0.5) is 18.3 Å². The van der Waals surface area contributed by atoms with Crippen molar-refractivity contribution in [3.05, 3.63) is 58.7 Å². The van der Waals surface area contributed by atoms with Gasteiger partial charge in [-0.2, -0.15) is 13.2 Å². The third-order valence-electron chi connectivity index (χ3n) is 3.19. The second-order valence-corrected chi connectivity index (χ2v) is 5.80. The Morgan fingerprint density at radius 3 is 2.62 bits per heavy atom. The van der Waals surface area contributed by atoms with Crippen molar-refractivity contribution in [2.45, 2.75) is 13.1 Å². The van der Waals surface area contributed by atoms with Gasteiger partial charge in [-0.3, -0.25) is 10.1 Å². The van der Waals surface area contributed by atoms with Crippen molar-refractivity contribution in [3.8, 4) is 11.5 Å². The fourth-order valence-electron chi connectivity index (χ4n) is 2.11. The summed E-state index contributed by atoms with van der Waals surface area (Å²) >= 11 is 1.11. The summed E-state index contributed by atoms with van der Waals surface area (Å²) in [7, 11) is 0. The summed E-state index contributed by atoms with van der Waals surface area (Å²) in [4.78, 5) is 16.3. The third kappa shape index (κ3) is 3.33. The summed E-state index contributed by atoms with van der Waals surface area (Å²) in [5, 5.41) is 4.25. The van der Waals surface area contributed by atoms with Crippen molar-refractivity contribution in [1.82, 2.24) is 4.98 Å². The number of amides is 1. The summed E-state index contributed by atoms with van der Waals surface area (Å²) < 4.78 is 44.3. The number of aromatic nitrogens is 1. The summed E-state index contributed by atoms with van der Waals surface area (Å²) in [5.41, 5.74) is -0.927. The molecule has 3 rings (SSSR count). The minimum Gasteiger partial charge on any atom is -0.460 e. The Balaban J connectivity index is 1.83. The van der Waals surface area contributed by atoms with E-state index in [2.05, 4.69) is 10.3 Å². The molecule has 0 radical (unpaired) electrons. The number of carbonyl (C=O) groups excluding carboxylic acids is 1. The molecule has 1 amide bonds. The molecule has 0 spiro atoms. The molecular weight excluding hydrogens is 341 g/mol. The lowest BCUT2D eigenvalue weighted by molar-refractivity contribution is -0.137. The van der Waals surface area contributed by atoms with Gasteiger partial charge in [0.2, 0.25) is 0 Å². The van der Waals surface area contributed by atoms with E-state index < -0.39 is 23.2 Å². The maximum Gasteiger partial charge on any atom is 0.417 e. The van der Waals surface area contributed by atoms with E-state index >= 15 is 0 Å². The first-order chi connectivity index (χ1) is 11.3. The van der Waals surface area contributed by atoms with E-state index in [1.807, 2.05) is 0 Å². The number of rotatable bonds is 3. The molecule has 1 N–H and O–H groups in total. The zero-order valence-corrected chi connectivity index (χ0v) is 13.2. The maximum atomic E-state index is 13.0. The van der Waals surface area contributed by atoms with Gasteiger partial charge >= 0.3 is 6.18 Å². The van der Waals surface area contributed by atoms with E-state index in [1.165, 1.54) is 12.1 Å². The van der Waals surface area contributed by atoms with Crippen LogP contribution in [0.3, 0.4) is 0 Å². The molecule has 4 nitrogen and oxygen atoms in total. The van der Waals surface area contributed by atoms with Crippen LogP contribution in [-0.4, -0.2) is 10.9 Å². The normalized spacial score (nSPS) is 11.5. The standard InChI is InChI=1S/C16H11F3N2O2S/c1-9-6-7-13(23-9)12-8-24-15(20-12)21-14(22)10-4-2-3-5-11(10)16(17,18)19/h2-8H,1H3,(H,20,21,22). The third-order valence-corrected chi connectivity index (χ3v) is 3.95. The van der Waals surface area contributed by atoms with Gasteiger partial charge in [-0.15, -0.1) is 11.3 Å². The first kappa shape index (κ1) is 16.3. The van der Waals surface area contributed by atoms with Crippen molar-refractivity contribution < 1.29 is 22.4 Å². The molecule has 2 heterocycles. The maximum absolute atomic E-state index is 13.0. The van der Waals surface area contributed by atoms with Crippen LogP contribution >= 0.6 is 11.3 Å². The molecule has 8 heteroatoms. The smallest absolute Gasteiger partial charge is 0.417 e. The SMILES string of the molecule is Cc1ccc(-c2csc(NC(=O)c3ccccc3C(F)(F)F)n2)o1. The number of nitrogens with zero attached hydrogens (tertiary/aromatic N) is 1. The van der Waals surface area contributed by atoms with Crippen LogP contribution in [0.25, 0.3) is 11.5 Å². The fraction of sp³-hybridized carbons (Fsp3) is 0.125. The minimum absolute atomic E-state index is 0.195. The molecule has 1 aromatic carbocycles. The number of halogens is 3. The van der Waals surface area contributed by atoms with Gasteiger partial charge in [0.25, 0.3) is 5.91 Å². The van der Waals surface area contributed by atoms with Crippen molar-refractivity contribution in [2.24, 2.45) is 0 Å². The predicted molar refractivity (Wildman–Crippen MR) is 84.0 cm³/mol. The molecule has 0 saturated carbocycles. The lowest BCUT2D eigenvalue weighted by Crippen LogP contribution is -2.18.